The molecule has 2 unspecified atom stereocenters. The molecule has 2 aliphatic rings. The number of urea groups is 2. The first kappa shape index (κ1) is 14.4. The molecule has 6 nitrogen and oxygen atoms in total. The van der Waals surface area contributed by atoms with Gasteiger partial charge in [0, 0.05) is 36.6 Å². The molecule has 6 heteroatoms. The second-order valence-corrected chi connectivity index (χ2v) is 5.40. The summed E-state index contributed by atoms with van der Waals surface area (Å²) in [4.78, 5) is 27.2. The monoisotopic (exact) mass is 278 g/mol. The minimum Gasteiger partial charge on any atom is -0.332 e. The van der Waals surface area contributed by atoms with E-state index >= 15 is 0 Å². The minimum absolute atomic E-state index is 0.0551. The molecule has 0 saturated heterocycles. The number of carbonyl (C=O) groups is 2. The van der Waals surface area contributed by atoms with Gasteiger partial charge in [-0.1, -0.05) is 0 Å². The molecule has 2 heterocycles. The van der Waals surface area contributed by atoms with Crippen LogP contribution in [-0.2, 0) is 0 Å². The Kier molecular flexibility index (Phi) is 4.01. The third-order valence-electron chi connectivity index (χ3n) is 3.57. The van der Waals surface area contributed by atoms with Gasteiger partial charge in [-0.05, 0) is 39.8 Å². The van der Waals surface area contributed by atoms with Gasteiger partial charge in [-0.2, -0.15) is 0 Å². The number of amides is 4. The van der Waals surface area contributed by atoms with Crippen molar-refractivity contribution in [1.82, 2.24) is 20.4 Å². The lowest BCUT2D eigenvalue weighted by Gasteiger charge is -2.34. The van der Waals surface area contributed by atoms with Crippen LogP contribution in [0.1, 0.15) is 27.7 Å². The molecule has 0 aromatic rings. The van der Waals surface area contributed by atoms with Crippen LogP contribution < -0.4 is 10.6 Å². The van der Waals surface area contributed by atoms with Crippen LogP contribution in [0.5, 0.6) is 0 Å². The summed E-state index contributed by atoms with van der Waals surface area (Å²) in [6.45, 7) is 8.66. The molecule has 2 rings (SSSR count). The van der Waals surface area contributed by atoms with E-state index in [9.17, 15) is 9.59 Å². The second-order valence-electron chi connectivity index (χ2n) is 5.40. The highest BCUT2D eigenvalue weighted by atomic mass is 16.2. The predicted molar refractivity (Wildman–Crippen MR) is 76.9 cm³/mol. The summed E-state index contributed by atoms with van der Waals surface area (Å²) in [5.74, 6) is 0. The van der Waals surface area contributed by atoms with Crippen molar-refractivity contribution in [2.24, 2.45) is 0 Å². The fraction of sp³-hybridized carbons (Fsp3) is 0.571. The van der Waals surface area contributed by atoms with Crippen molar-refractivity contribution in [2.75, 3.05) is 13.1 Å². The van der Waals surface area contributed by atoms with E-state index in [1.165, 1.54) is 0 Å². The van der Waals surface area contributed by atoms with E-state index in [2.05, 4.69) is 10.6 Å². The summed E-state index contributed by atoms with van der Waals surface area (Å²) in [6, 6.07) is -0.103. The van der Waals surface area contributed by atoms with E-state index in [1.807, 2.05) is 39.8 Å². The van der Waals surface area contributed by atoms with E-state index in [1.54, 1.807) is 9.80 Å². The Hall–Kier alpha value is -1.98. The number of allylic oxidation sites excluding steroid dienone is 2. The summed E-state index contributed by atoms with van der Waals surface area (Å²) >= 11 is 0. The van der Waals surface area contributed by atoms with Crippen molar-refractivity contribution in [1.29, 1.82) is 0 Å². The van der Waals surface area contributed by atoms with Crippen LogP contribution in [0.4, 0.5) is 9.59 Å². The third kappa shape index (κ3) is 2.95. The molecule has 0 bridgehead atoms. The molecule has 20 heavy (non-hydrogen) atoms. The lowest BCUT2D eigenvalue weighted by Crippen LogP contribution is -2.52. The van der Waals surface area contributed by atoms with Crippen LogP contribution in [-0.4, -0.2) is 47.0 Å². The van der Waals surface area contributed by atoms with Crippen LogP contribution in [0.2, 0.25) is 0 Å². The minimum atomic E-state index is -0.107. The largest absolute Gasteiger partial charge is 0.332 e. The first-order valence-corrected chi connectivity index (χ1v) is 6.91. The van der Waals surface area contributed by atoms with E-state index in [-0.39, 0.29) is 24.1 Å². The predicted octanol–water partition coefficient (Wildman–Crippen LogP) is 1.62. The van der Waals surface area contributed by atoms with Crippen LogP contribution in [0.15, 0.2) is 23.5 Å². The Morgan fingerprint density at radius 1 is 0.900 bits per heavy atom. The molecule has 0 radical (unpaired) electrons. The van der Waals surface area contributed by atoms with Crippen LogP contribution in [0.3, 0.4) is 0 Å². The van der Waals surface area contributed by atoms with Gasteiger partial charge in [-0.3, -0.25) is 9.80 Å². The Balaban J connectivity index is 2.02. The van der Waals surface area contributed by atoms with Gasteiger partial charge < -0.3 is 10.6 Å². The van der Waals surface area contributed by atoms with E-state index in [0.717, 1.165) is 11.4 Å². The SMILES string of the molecule is CC1=CC(C)NC(=O)N1CCN1C(=O)NC(C)C=C1C. The summed E-state index contributed by atoms with van der Waals surface area (Å²) < 4.78 is 0. The zero-order valence-electron chi connectivity index (χ0n) is 12.4. The third-order valence-corrected chi connectivity index (χ3v) is 3.57. The molecule has 2 aliphatic heterocycles. The van der Waals surface area contributed by atoms with Crippen molar-refractivity contribution in [3.63, 3.8) is 0 Å². The van der Waals surface area contributed by atoms with Crippen LogP contribution in [0.25, 0.3) is 0 Å². The summed E-state index contributed by atoms with van der Waals surface area (Å²) in [6.07, 6.45) is 4.00. The van der Waals surface area contributed by atoms with Gasteiger partial charge in [0.25, 0.3) is 0 Å². The molecular weight excluding hydrogens is 256 g/mol. The van der Waals surface area contributed by atoms with Gasteiger partial charge in [0.15, 0.2) is 0 Å². The highest BCUT2D eigenvalue weighted by Crippen LogP contribution is 2.14. The maximum absolute atomic E-state index is 11.9. The lowest BCUT2D eigenvalue weighted by molar-refractivity contribution is 0.187. The summed E-state index contributed by atoms with van der Waals surface area (Å²) in [7, 11) is 0. The number of hydrogen-bond donors (Lipinski definition) is 2. The number of rotatable bonds is 3. The lowest BCUT2D eigenvalue weighted by atomic mass is 10.2. The molecule has 0 aromatic carbocycles. The van der Waals surface area contributed by atoms with Gasteiger partial charge in [-0.15, -0.1) is 0 Å². The van der Waals surface area contributed by atoms with Gasteiger partial charge >= 0.3 is 12.1 Å². The van der Waals surface area contributed by atoms with Gasteiger partial charge in [0.05, 0.1) is 0 Å². The van der Waals surface area contributed by atoms with E-state index in [0.29, 0.717) is 13.1 Å². The van der Waals surface area contributed by atoms with Crippen molar-refractivity contribution >= 4 is 12.1 Å². The zero-order valence-corrected chi connectivity index (χ0v) is 12.4. The number of nitrogens with zero attached hydrogens (tertiary/aromatic N) is 2. The topological polar surface area (TPSA) is 64.7 Å². The van der Waals surface area contributed by atoms with Gasteiger partial charge in [0.2, 0.25) is 0 Å². The van der Waals surface area contributed by atoms with Crippen molar-refractivity contribution in [3.05, 3.63) is 23.5 Å². The van der Waals surface area contributed by atoms with Crippen molar-refractivity contribution in [3.8, 4) is 0 Å². The van der Waals surface area contributed by atoms with Crippen LogP contribution in [0, 0.1) is 0 Å². The summed E-state index contributed by atoms with van der Waals surface area (Å²) in [5.41, 5.74) is 1.85. The van der Waals surface area contributed by atoms with Gasteiger partial charge in [-0.25, -0.2) is 9.59 Å². The van der Waals surface area contributed by atoms with Crippen molar-refractivity contribution in [2.45, 2.75) is 39.8 Å². The number of carbonyl (C=O) groups excluding carboxylic acids is 2. The molecular formula is C14H22N4O2. The van der Waals surface area contributed by atoms with Crippen LogP contribution >= 0.6 is 0 Å². The standard InChI is InChI=1S/C14H22N4O2/c1-9-7-11(3)17(13(19)15-9)5-6-18-12(4)8-10(2)16-14(18)20/h7-10H,5-6H2,1-4H3,(H,15,19)(H,16,20). The Labute approximate surface area is 119 Å². The maximum Gasteiger partial charge on any atom is 0.322 e. The fourth-order valence-corrected chi connectivity index (χ4v) is 2.61. The average Bonchev–Trinajstić information content (AvgIpc) is 2.30. The number of hydrogen-bond acceptors (Lipinski definition) is 2. The molecule has 0 spiro atoms. The molecule has 4 amide bonds. The smallest absolute Gasteiger partial charge is 0.322 e. The molecule has 0 fully saturated rings. The van der Waals surface area contributed by atoms with E-state index < -0.39 is 0 Å². The van der Waals surface area contributed by atoms with E-state index in [4.69, 9.17) is 0 Å². The van der Waals surface area contributed by atoms with Crippen molar-refractivity contribution < 1.29 is 9.59 Å². The highest BCUT2D eigenvalue weighted by Gasteiger charge is 2.26. The molecule has 2 atom stereocenters. The number of nitrogens with one attached hydrogen (secondary N) is 2. The molecule has 0 saturated carbocycles. The quantitative estimate of drug-likeness (QED) is 0.824. The Morgan fingerprint density at radius 3 is 1.55 bits per heavy atom. The molecule has 2 N–H and O–H groups in total. The molecule has 0 aromatic heterocycles. The Bertz CT molecular complexity index is 440. The second kappa shape index (κ2) is 5.56. The first-order valence-electron chi connectivity index (χ1n) is 6.91. The molecule has 0 aliphatic carbocycles. The summed E-state index contributed by atoms with van der Waals surface area (Å²) in [5, 5.41) is 5.71. The highest BCUT2D eigenvalue weighted by molar-refractivity contribution is 5.79. The normalized spacial score (nSPS) is 26.8. The average molecular weight is 278 g/mol. The maximum atomic E-state index is 11.9. The first-order chi connectivity index (χ1) is 9.38. The van der Waals surface area contributed by atoms with Gasteiger partial charge in [0.1, 0.15) is 0 Å². The fourth-order valence-electron chi connectivity index (χ4n) is 2.61. The molecule has 110 valence electrons. The zero-order chi connectivity index (χ0) is 14.9. The Morgan fingerprint density at radius 2 is 1.25 bits per heavy atom.